The van der Waals surface area contributed by atoms with Crippen LogP contribution in [0.4, 0.5) is 0 Å². The van der Waals surface area contributed by atoms with Crippen molar-refractivity contribution < 1.29 is 9.84 Å². The third-order valence-electron chi connectivity index (χ3n) is 2.73. The van der Waals surface area contributed by atoms with Crippen molar-refractivity contribution in [2.45, 2.75) is 39.3 Å². The Bertz CT molecular complexity index is 337. The third-order valence-corrected chi connectivity index (χ3v) is 2.73. The van der Waals surface area contributed by atoms with Crippen molar-refractivity contribution in [2.75, 3.05) is 13.7 Å². The Balaban J connectivity index is 2.37. The lowest BCUT2D eigenvalue weighted by Gasteiger charge is -2.11. The van der Waals surface area contributed by atoms with Crippen LogP contribution in [0, 0.1) is 6.92 Å². The molecule has 96 valence electrons. The highest BCUT2D eigenvalue weighted by Crippen LogP contribution is 2.19. The topological polar surface area (TPSA) is 41.5 Å². The molecular formula is C14H23NO2. The van der Waals surface area contributed by atoms with E-state index in [4.69, 9.17) is 9.84 Å². The molecule has 1 atom stereocenters. The van der Waals surface area contributed by atoms with Gasteiger partial charge in [-0.2, -0.15) is 0 Å². The molecule has 1 unspecified atom stereocenters. The predicted octanol–water partition coefficient (Wildman–Crippen LogP) is 2.25. The minimum atomic E-state index is -0.203. The molecule has 0 saturated carbocycles. The molecule has 0 saturated heterocycles. The number of hydrogen-bond acceptors (Lipinski definition) is 3. The van der Waals surface area contributed by atoms with Gasteiger partial charge in [0.2, 0.25) is 0 Å². The molecule has 17 heavy (non-hydrogen) atoms. The minimum Gasteiger partial charge on any atom is -0.496 e. The van der Waals surface area contributed by atoms with Gasteiger partial charge in [0.05, 0.1) is 13.2 Å². The molecule has 1 rings (SSSR count). The van der Waals surface area contributed by atoms with Crippen molar-refractivity contribution >= 4 is 0 Å². The second kappa shape index (κ2) is 7.30. The number of rotatable bonds is 7. The van der Waals surface area contributed by atoms with Crippen LogP contribution in [0.3, 0.4) is 0 Å². The second-order valence-corrected chi connectivity index (χ2v) is 4.48. The maximum atomic E-state index is 9.14. The van der Waals surface area contributed by atoms with Gasteiger partial charge in [-0.05, 0) is 39.3 Å². The standard InChI is InChI=1S/C14H23NO2/c1-11-6-7-14(17-3)13(9-11)10-15-8-4-5-12(2)16/h6-7,9,12,15-16H,4-5,8,10H2,1-3H3. The molecule has 1 aromatic carbocycles. The average Bonchev–Trinajstić information content (AvgIpc) is 2.28. The zero-order valence-corrected chi connectivity index (χ0v) is 11.0. The zero-order valence-electron chi connectivity index (χ0n) is 11.0. The molecule has 0 fully saturated rings. The van der Waals surface area contributed by atoms with Crippen LogP contribution in [-0.4, -0.2) is 24.9 Å². The van der Waals surface area contributed by atoms with Gasteiger partial charge in [0.25, 0.3) is 0 Å². The first-order valence-electron chi connectivity index (χ1n) is 6.15. The van der Waals surface area contributed by atoms with E-state index in [0.29, 0.717) is 0 Å². The average molecular weight is 237 g/mol. The van der Waals surface area contributed by atoms with E-state index in [2.05, 4.69) is 24.4 Å². The fraction of sp³-hybridized carbons (Fsp3) is 0.571. The van der Waals surface area contributed by atoms with Gasteiger partial charge < -0.3 is 15.2 Å². The van der Waals surface area contributed by atoms with Crippen LogP contribution in [0.5, 0.6) is 5.75 Å². The number of benzene rings is 1. The summed E-state index contributed by atoms with van der Waals surface area (Å²) in [6, 6.07) is 6.19. The van der Waals surface area contributed by atoms with Gasteiger partial charge in [-0.1, -0.05) is 17.7 Å². The SMILES string of the molecule is COc1ccc(C)cc1CNCCCC(C)O. The lowest BCUT2D eigenvalue weighted by molar-refractivity contribution is 0.181. The van der Waals surface area contributed by atoms with Crippen LogP contribution in [0.1, 0.15) is 30.9 Å². The minimum absolute atomic E-state index is 0.203. The third kappa shape index (κ3) is 5.20. The van der Waals surface area contributed by atoms with E-state index in [0.717, 1.165) is 31.7 Å². The molecular weight excluding hydrogens is 214 g/mol. The van der Waals surface area contributed by atoms with E-state index in [1.807, 2.05) is 13.0 Å². The van der Waals surface area contributed by atoms with E-state index in [9.17, 15) is 0 Å². The Morgan fingerprint density at radius 1 is 1.41 bits per heavy atom. The molecule has 0 aliphatic heterocycles. The molecule has 0 aromatic heterocycles. The van der Waals surface area contributed by atoms with Gasteiger partial charge >= 0.3 is 0 Å². The molecule has 2 N–H and O–H groups in total. The number of aliphatic hydroxyl groups excluding tert-OH is 1. The number of ether oxygens (including phenoxy) is 1. The van der Waals surface area contributed by atoms with Gasteiger partial charge in [0.15, 0.2) is 0 Å². The first-order chi connectivity index (χ1) is 8.13. The monoisotopic (exact) mass is 237 g/mol. The molecule has 0 bridgehead atoms. The predicted molar refractivity (Wildman–Crippen MR) is 70.4 cm³/mol. The molecule has 3 heteroatoms. The van der Waals surface area contributed by atoms with Gasteiger partial charge in [-0.3, -0.25) is 0 Å². The largest absolute Gasteiger partial charge is 0.496 e. The lowest BCUT2D eigenvalue weighted by atomic mass is 10.1. The summed E-state index contributed by atoms with van der Waals surface area (Å²) in [7, 11) is 1.70. The highest BCUT2D eigenvalue weighted by molar-refractivity contribution is 5.36. The van der Waals surface area contributed by atoms with Crippen molar-refractivity contribution in [1.29, 1.82) is 0 Å². The van der Waals surface area contributed by atoms with Crippen molar-refractivity contribution in [2.24, 2.45) is 0 Å². The summed E-state index contributed by atoms with van der Waals surface area (Å²) >= 11 is 0. The number of aliphatic hydroxyl groups is 1. The van der Waals surface area contributed by atoms with Crippen molar-refractivity contribution in [3.8, 4) is 5.75 Å². The Morgan fingerprint density at radius 3 is 2.82 bits per heavy atom. The van der Waals surface area contributed by atoms with E-state index < -0.39 is 0 Å². The summed E-state index contributed by atoms with van der Waals surface area (Å²) in [5, 5.41) is 12.5. The maximum absolute atomic E-state index is 9.14. The van der Waals surface area contributed by atoms with Crippen molar-refractivity contribution in [3.05, 3.63) is 29.3 Å². The lowest BCUT2D eigenvalue weighted by Crippen LogP contribution is -2.16. The van der Waals surface area contributed by atoms with Crippen molar-refractivity contribution in [1.82, 2.24) is 5.32 Å². The van der Waals surface area contributed by atoms with E-state index in [1.165, 1.54) is 11.1 Å². The summed E-state index contributed by atoms with van der Waals surface area (Å²) in [6.07, 6.45) is 1.63. The highest BCUT2D eigenvalue weighted by atomic mass is 16.5. The van der Waals surface area contributed by atoms with Crippen LogP contribution in [0.15, 0.2) is 18.2 Å². The fourth-order valence-electron chi connectivity index (χ4n) is 1.79. The summed E-state index contributed by atoms with van der Waals surface area (Å²) in [4.78, 5) is 0. The van der Waals surface area contributed by atoms with Crippen molar-refractivity contribution in [3.63, 3.8) is 0 Å². The van der Waals surface area contributed by atoms with Crippen LogP contribution in [-0.2, 0) is 6.54 Å². The maximum Gasteiger partial charge on any atom is 0.123 e. The normalized spacial score (nSPS) is 12.5. The molecule has 0 spiro atoms. The van der Waals surface area contributed by atoms with Crippen LogP contribution < -0.4 is 10.1 Å². The number of hydrogen-bond donors (Lipinski definition) is 2. The molecule has 0 amide bonds. The molecule has 0 radical (unpaired) electrons. The molecule has 0 aliphatic carbocycles. The Morgan fingerprint density at radius 2 is 2.18 bits per heavy atom. The van der Waals surface area contributed by atoms with Crippen LogP contribution in [0.25, 0.3) is 0 Å². The Hall–Kier alpha value is -1.06. The Labute approximate surface area is 104 Å². The van der Waals surface area contributed by atoms with E-state index in [1.54, 1.807) is 7.11 Å². The summed E-state index contributed by atoms with van der Waals surface area (Å²) in [5.74, 6) is 0.929. The van der Waals surface area contributed by atoms with Gasteiger partial charge in [-0.15, -0.1) is 0 Å². The summed E-state index contributed by atoms with van der Waals surface area (Å²) in [6.45, 7) is 5.63. The van der Waals surface area contributed by atoms with Gasteiger partial charge in [-0.25, -0.2) is 0 Å². The smallest absolute Gasteiger partial charge is 0.123 e. The van der Waals surface area contributed by atoms with Gasteiger partial charge in [0, 0.05) is 12.1 Å². The summed E-state index contributed by atoms with van der Waals surface area (Å²) < 4.78 is 5.32. The highest BCUT2D eigenvalue weighted by Gasteiger charge is 2.02. The quantitative estimate of drug-likeness (QED) is 0.715. The number of nitrogens with one attached hydrogen (secondary N) is 1. The first kappa shape index (κ1) is 14.0. The molecule has 3 nitrogen and oxygen atoms in total. The number of aryl methyl sites for hydroxylation is 1. The molecule has 1 aromatic rings. The Kier molecular flexibility index (Phi) is 6.01. The fourth-order valence-corrected chi connectivity index (χ4v) is 1.79. The zero-order chi connectivity index (χ0) is 12.7. The summed E-state index contributed by atoms with van der Waals surface area (Å²) in [5.41, 5.74) is 2.43. The first-order valence-corrected chi connectivity index (χ1v) is 6.15. The molecule has 0 heterocycles. The second-order valence-electron chi connectivity index (χ2n) is 4.48. The molecule has 0 aliphatic rings. The van der Waals surface area contributed by atoms with Crippen LogP contribution in [0.2, 0.25) is 0 Å². The van der Waals surface area contributed by atoms with E-state index in [-0.39, 0.29) is 6.10 Å². The van der Waals surface area contributed by atoms with Crippen LogP contribution >= 0.6 is 0 Å². The number of methoxy groups -OCH3 is 1. The van der Waals surface area contributed by atoms with Gasteiger partial charge in [0.1, 0.15) is 5.75 Å². The van der Waals surface area contributed by atoms with E-state index >= 15 is 0 Å².